The summed E-state index contributed by atoms with van der Waals surface area (Å²) in [5.41, 5.74) is 2.23. The highest BCUT2D eigenvalue weighted by molar-refractivity contribution is 7.91. The van der Waals surface area contributed by atoms with Crippen LogP contribution in [0.4, 0.5) is 0 Å². The molecule has 9 heteroatoms. The van der Waals surface area contributed by atoms with Crippen LogP contribution in [0.15, 0.2) is 27.2 Å². The Balaban J connectivity index is 1.51. The van der Waals surface area contributed by atoms with Gasteiger partial charge in [-0.2, -0.15) is 0 Å². The lowest BCUT2D eigenvalue weighted by Crippen LogP contribution is -2.38. The molecule has 0 radical (unpaired) electrons. The topological polar surface area (TPSA) is 94.3 Å². The van der Waals surface area contributed by atoms with Crippen LogP contribution < -0.4 is 15.6 Å². The van der Waals surface area contributed by atoms with E-state index in [0.29, 0.717) is 28.8 Å². The van der Waals surface area contributed by atoms with E-state index in [4.69, 9.17) is 0 Å². The summed E-state index contributed by atoms with van der Waals surface area (Å²) in [6.07, 6.45) is 3.88. The Labute approximate surface area is 189 Å². The summed E-state index contributed by atoms with van der Waals surface area (Å²) in [5.74, 6) is 0. The van der Waals surface area contributed by atoms with Gasteiger partial charge in [0.15, 0.2) is 0 Å². The number of nitrogens with one attached hydrogen (secondary N) is 3. The average Bonchev–Trinajstić information content (AvgIpc) is 3.40. The van der Waals surface area contributed by atoms with Crippen molar-refractivity contribution < 1.29 is 8.42 Å². The summed E-state index contributed by atoms with van der Waals surface area (Å²) in [7, 11) is -3.54. The highest BCUT2D eigenvalue weighted by Crippen LogP contribution is 2.32. The Bertz CT molecular complexity index is 1030. The molecule has 3 rings (SSSR count). The lowest BCUT2D eigenvalue weighted by atomic mass is 10.1. The molecular formula is C22H34N4O3S2. The van der Waals surface area contributed by atoms with E-state index in [2.05, 4.69) is 26.8 Å². The van der Waals surface area contributed by atoms with Crippen molar-refractivity contribution in [3.63, 3.8) is 0 Å². The molecule has 1 aliphatic rings. The van der Waals surface area contributed by atoms with E-state index < -0.39 is 10.0 Å². The van der Waals surface area contributed by atoms with E-state index in [1.165, 1.54) is 30.7 Å². The zero-order valence-electron chi connectivity index (χ0n) is 18.7. The molecule has 2 aromatic heterocycles. The maximum Gasteiger partial charge on any atom is 0.251 e. The molecule has 0 amide bonds. The van der Waals surface area contributed by atoms with Gasteiger partial charge in [0.1, 0.15) is 4.21 Å². The number of aromatic nitrogens is 1. The summed E-state index contributed by atoms with van der Waals surface area (Å²) in [5, 5.41) is 3.46. The molecule has 31 heavy (non-hydrogen) atoms. The minimum atomic E-state index is -3.54. The number of likely N-dealkylation sites (N-methyl/N-ethyl adjacent to an activating group) is 1. The largest absolute Gasteiger partial charge is 0.326 e. The highest BCUT2D eigenvalue weighted by Gasteiger charge is 2.22. The van der Waals surface area contributed by atoms with Gasteiger partial charge in [-0.3, -0.25) is 9.69 Å². The van der Waals surface area contributed by atoms with Crippen LogP contribution in [0.1, 0.15) is 44.4 Å². The molecule has 0 aliphatic carbocycles. The molecule has 172 valence electrons. The summed E-state index contributed by atoms with van der Waals surface area (Å²) < 4.78 is 28.4. The quantitative estimate of drug-likeness (QED) is 0.443. The summed E-state index contributed by atoms with van der Waals surface area (Å²) in [6, 6.07) is 5.91. The van der Waals surface area contributed by atoms with Gasteiger partial charge in [0.25, 0.3) is 5.56 Å². The van der Waals surface area contributed by atoms with Gasteiger partial charge in [-0.15, -0.1) is 11.3 Å². The lowest BCUT2D eigenvalue weighted by Gasteiger charge is -2.22. The summed E-state index contributed by atoms with van der Waals surface area (Å²) >= 11 is 1.23. The predicted molar refractivity (Wildman–Crippen MR) is 127 cm³/mol. The molecule has 0 saturated carbocycles. The van der Waals surface area contributed by atoms with E-state index in [1.807, 2.05) is 26.0 Å². The summed E-state index contributed by atoms with van der Waals surface area (Å²) in [4.78, 5) is 18.1. The number of thiophene rings is 1. The fourth-order valence-corrected chi connectivity index (χ4v) is 6.59. The number of sulfonamides is 1. The third-order valence-corrected chi connectivity index (χ3v) is 8.99. The number of aromatic amines is 1. The van der Waals surface area contributed by atoms with Crippen LogP contribution in [0.2, 0.25) is 0 Å². The number of pyridine rings is 1. The van der Waals surface area contributed by atoms with Crippen molar-refractivity contribution in [3.8, 4) is 10.4 Å². The van der Waals surface area contributed by atoms with Gasteiger partial charge >= 0.3 is 0 Å². The van der Waals surface area contributed by atoms with Crippen molar-refractivity contribution in [2.75, 3.05) is 32.7 Å². The third kappa shape index (κ3) is 6.04. The minimum Gasteiger partial charge on any atom is -0.326 e. The van der Waals surface area contributed by atoms with E-state index in [0.717, 1.165) is 42.2 Å². The maximum absolute atomic E-state index is 12.7. The first-order chi connectivity index (χ1) is 14.9. The second kappa shape index (κ2) is 10.9. The van der Waals surface area contributed by atoms with Gasteiger partial charge in [-0.05, 0) is 70.4 Å². The van der Waals surface area contributed by atoms with Crippen LogP contribution in [0.3, 0.4) is 0 Å². The maximum atomic E-state index is 12.7. The first-order valence-electron chi connectivity index (χ1n) is 11.1. The first-order valence-corrected chi connectivity index (χ1v) is 13.4. The second-order valence-corrected chi connectivity index (χ2v) is 11.1. The van der Waals surface area contributed by atoms with Crippen molar-refractivity contribution in [1.82, 2.24) is 19.9 Å². The van der Waals surface area contributed by atoms with E-state index >= 15 is 0 Å². The molecule has 3 N–H and O–H groups in total. The molecule has 1 saturated heterocycles. The van der Waals surface area contributed by atoms with E-state index in [9.17, 15) is 13.2 Å². The molecule has 2 aromatic rings. The molecule has 1 atom stereocenters. The molecular weight excluding hydrogens is 432 g/mol. The zero-order valence-corrected chi connectivity index (χ0v) is 20.3. The van der Waals surface area contributed by atoms with Gasteiger partial charge in [0, 0.05) is 40.8 Å². The van der Waals surface area contributed by atoms with Crippen LogP contribution in [0, 0.1) is 6.92 Å². The van der Waals surface area contributed by atoms with Gasteiger partial charge in [-0.1, -0.05) is 13.8 Å². The van der Waals surface area contributed by atoms with Crippen molar-refractivity contribution in [3.05, 3.63) is 39.8 Å². The van der Waals surface area contributed by atoms with Crippen LogP contribution in [0.5, 0.6) is 0 Å². The normalized spacial score (nSPS) is 17.5. The predicted octanol–water partition coefficient (Wildman–Crippen LogP) is 2.72. The number of hydrogen-bond donors (Lipinski definition) is 3. The molecule has 1 unspecified atom stereocenters. The zero-order chi connectivity index (χ0) is 22.4. The summed E-state index contributed by atoms with van der Waals surface area (Å²) in [6.45, 7) is 10.4. The second-order valence-electron chi connectivity index (χ2n) is 8.01. The van der Waals surface area contributed by atoms with Crippen LogP contribution in [0.25, 0.3) is 10.4 Å². The standard InChI is InChI=1S/C22H34N4O3S2/c1-4-17-14-19(16(3)25-22(17)27)20-9-10-21(30-20)31(28,29)24-12-7-11-23-15-18-8-6-13-26(18)5-2/h9-10,14,18,23-24H,4-8,11-13,15H2,1-3H3,(H,25,27). The lowest BCUT2D eigenvalue weighted by molar-refractivity contribution is 0.260. The van der Waals surface area contributed by atoms with Crippen molar-refractivity contribution in [1.29, 1.82) is 0 Å². The Hall–Kier alpha value is -1.52. The number of H-pyrrole nitrogens is 1. The average molecular weight is 467 g/mol. The number of hydrogen-bond acceptors (Lipinski definition) is 6. The molecule has 7 nitrogen and oxygen atoms in total. The number of aryl methyl sites for hydroxylation is 2. The van der Waals surface area contributed by atoms with Crippen molar-refractivity contribution >= 4 is 21.4 Å². The Kier molecular flexibility index (Phi) is 8.46. The van der Waals surface area contributed by atoms with Crippen LogP contribution in [-0.2, 0) is 16.4 Å². The van der Waals surface area contributed by atoms with E-state index in [1.54, 1.807) is 6.07 Å². The molecule has 3 heterocycles. The van der Waals surface area contributed by atoms with Gasteiger partial charge in [-0.25, -0.2) is 13.1 Å². The fraction of sp³-hybridized carbons (Fsp3) is 0.591. The van der Waals surface area contributed by atoms with Gasteiger partial charge < -0.3 is 10.3 Å². The fourth-order valence-electron chi connectivity index (χ4n) is 4.10. The first kappa shape index (κ1) is 24.1. The Morgan fingerprint density at radius 3 is 2.81 bits per heavy atom. The van der Waals surface area contributed by atoms with Gasteiger partial charge in [0.2, 0.25) is 10.0 Å². The highest BCUT2D eigenvalue weighted by atomic mass is 32.2. The van der Waals surface area contributed by atoms with Crippen molar-refractivity contribution in [2.24, 2.45) is 0 Å². The minimum absolute atomic E-state index is 0.0845. The monoisotopic (exact) mass is 466 g/mol. The van der Waals surface area contributed by atoms with Crippen LogP contribution >= 0.6 is 11.3 Å². The number of likely N-dealkylation sites (tertiary alicyclic amines) is 1. The molecule has 1 fully saturated rings. The Morgan fingerprint density at radius 1 is 1.26 bits per heavy atom. The van der Waals surface area contributed by atoms with Crippen LogP contribution in [-0.4, -0.2) is 57.1 Å². The third-order valence-electron chi connectivity index (χ3n) is 5.92. The Morgan fingerprint density at radius 2 is 2.06 bits per heavy atom. The van der Waals surface area contributed by atoms with Gasteiger partial charge in [0.05, 0.1) is 0 Å². The van der Waals surface area contributed by atoms with Crippen molar-refractivity contribution in [2.45, 2.75) is 56.7 Å². The number of rotatable bonds is 11. The molecule has 0 bridgehead atoms. The van der Waals surface area contributed by atoms with E-state index in [-0.39, 0.29) is 5.56 Å². The molecule has 1 aliphatic heterocycles. The number of nitrogens with zero attached hydrogens (tertiary/aromatic N) is 1. The molecule has 0 aromatic carbocycles. The smallest absolute Gasteiger partial charge is 0.251 e. The molecule has 0 spiro atoms. The SMILES string of the molecule is CCc1cc(-c2ccc(S(=O)(=O)NCCCNCC3CCCN3CC)s2)c(C)[nH]c1=O.